The predicted molar refractivity (Wildman–Crippen MR) is 75.3 cm³/mol. The summed E-state index contributed by atoms with van der Waals surface area (Å²) in [5.41, 5.74) is 0.743. The SMILES string of the molecule is O=C(O)CCN(C(=O)C1CSCN1)c1ccccc1. The first kappa shape index (κ1) is 13.9. The number of benzene rings is 1. The Hall–Kier alpha value is -1.53. The molecule has 0 radical (unpaired) electrons. The van der Waals surface area contributed by atoms with Gasteiger partial charge < -0.3 is 10.0 Å². The zero-order valence-corrected chi connectivity index (χ0v) is 11.2. The summed E-state index contributed by atoms with van der Waals surface area (Å²) in [5.74, 6) is 0.535. The molecule has 0 bridgehead atoms. The van der Waals surface area contributed by atoms with E-state index in [0.29, 0.717) is 0 Å². The Morgan fingerprint density at radius 1 is 1.37 bits per heavy atom. The van der Waals surface area contributed by atoms with Gasteiger partial charge in [0, 0.05) is 23.9 Å². The second-order valence-corrected chi connectivity index (χ2v) is 5.27. The van der Waals surface area contributed by atoms with Crippen molar-refractivity contribution in [1.29, 1.82) is 0 Å². The van der Waals surface area contributed by atoms with Gasteiger partial charge in [-0.05, 0) is 12.1 Å². The average molecular weight is 280 g/mol. The summed E-state index contributed by atoms with van der Waals surface area (Å²) in [5, 5.41) is 11.9. The lowest BCUT2D eigenvalue weighted by Gasteiger charge is -2.25. The number of carbonyl (C=O) groups is 2. The number of hydrogen-bond acceptors (Lipinski definition) is 4. The summed E-state index contributed by atoms with van der Waals surface area (Å²) in [7, 11) is 0. The molecule has 1 heterocycles. The van der Waals surface area contributed by atoms with Crippen molar-refractivity contribution in [3.05, 3.63) is 30.3 Å². The van der Waals surface area contributed by atoms with E-state index < -0.39 is 5.97 Å². The van der Waals surface area contributed by atoms with Crippen molar-refractivity contribution < 1.29 is 14.7 Å². The van der Waals surface area contributed by atoms with Gasteiger partial charge in [-0.1, -0.05) is 18.2 Å². The number of amides is 1. The highest BCUT2D eigenvalue weighted by molar-refractivity contribution is 7.99. The van der Waals surface area contributed by atoms with Gasteiger partial charge in [0.1, 0.15) is 0 Å². The normalized spacial score (nSPS) is 18.2. The minimum Gasteiger partial charge on any atom is -0.481 e. The Labute approximate surface area is 116 Å². The highest BCUT2D eigenvalue weighted by atomic mass is 32.2. The van der Waals surface area contributed by atoms with E-state index in [4.69, 9.17) is 5.11 Å². The molecule has 1 aliphatic heterocycles. The highest BCUT2D eigenvalue weighted by Crippen LogP contribution is 2.18. The van der Waals surface area contributed by atoms with E-state index in [9.17, 15) is 9.59 Å². The lowest BCUT2D eigenvalue weighted by Crippen LogP contribution is -2.45. The maximum Gasteiger partial charge on any atom is 0.305 e. The minimum absolute atomic E-state index is 0.0551. The fourth-order valence-electron chi connectivity index (χ4n) is 1.92. The molecule has 1 aromatic rings. The van der Waals surface area contributed by atoms with Crippen LogP contribution in [0.4, 0.5) is 5.69 Å². The standard InChI is InChI=1S/C13H16N2O3S/c16-12(17)6-7-15(10-4-2-1-3-5-10)13(18)11-8-19-9-14-11/h1-5,11,14H,6-9H2,(H,16,17). The van der Waals surface area contributed by atoms with Gasteiger partial charge in [0.2, 0.25) is 5.91 Å². The monoisotopic (exact) mass is 280 g/mol. The zero-order valence-electron chi connectivity index (χ0n) is 10.4. The smallest absolute Gasteiger partial charge is 0.305 e. The Kier molecular flexibility index (Phi) is 4.81. The number of carboxylic acid groups (broad SMARTS) is 1. The van der Waals surface area contributed by atoms with Gasteiger partial charge in [0.05, 0.1) is 12.5 Å². The van der Waals surface area contributed by atoms with Crippen LogP contribution in [0.5, 0.6) is 0 Å². The molecule has 1 atom stereocenters. The third-order valence-corrected chi connectivity index (χ3v) is 3.84. The summed E-state index contributed by atoms with van der Waals surface area (Å²) in [6.45, 7) is 0.195. The van der Waals surface area contributed by atoms with Gasteiger partial charge in [-0.3, -0.25) is 14.9 Å². The number of hydrogen-bond donors (Lipinski definition) is 2. The molecule has 1 fully saturated rings. The van der Waals surface area contributed by atoms with E-state index in [0.717, 1.165) is 17.3 Å². The maximum absolute atomic E-state index is 12.4. The van der Waals surface area contributed by atoms with Crippen molar-refractivity contribution in [2.75, 3.05) is 23.1 Å². The second-order valence-electron chi connectivity index (χ2n) is 4.24. The fraction of sp³-hybridized carbons (Fsp3) is 0.385. The topological polar surface area (TPSA) is 69.6 Å². The summed E-state index contributed by atoms with van der Waals surface area (Å²) < 4.78 is 0. The first-order valence-corrected chi connectivity index (χ1v) is 7.23. The first-order chi connectivity index (χ1) is 9.18. The number of anilines is 1. The Bertz CT molecular complexity index is 446. The van der Waals surface area contributed by atoms with Crippen LogP contribution in [0, 0.1) is 0 Å². The summed E-state index contributed by atoms with van der Waals surface area (Å²) in [6, 6.07) is 8.97. The number of rotatable bonds is 5. The van der Waals surface area contributed by atoms with Crippen LogP contribution in [-0.2, 0) is 9.59 Å². The van der Waals surface area contributed by atoms with E-state index in [-0.39, 0.29) is 24.9 Å². The van der Waals surface area contributed by atoms with Crippen molar-refractivity contribution in [2.24, 2.45) is 0 Å². The van der Waals surface area contributed by atoms with Gasteiger partial charge >= 0.3 is 5.97 Å². The predicted octanol–water partition coefficient (Wildman–Crippen LogP) is 1.16. The molecule has 1 unspecified atom stereocenters. The Morgan fingerprint density at radius 3 is 2.68 bits per heavy atom. The van der Waals surface area contributed by atoms with Crippen molar-refractivity contribution in [3.63, 3.8) is 0 Å². The molecular formula is C13H16N2O3S. The summed E-state index contributed by atoms with van der Waals surface area (Å²) >= 11 is 1.67. The van der Waals surface area contributed by atoms with Crippen molar-refractivity contribution in [1.82, 2.24) is 5.32 Å². The highest BCUT2D eigenvalue weighted by Gasteiger charge is 2.28. The summed E-state index contributed by atoms with van der Waals surface area (Å²) in [6.07, 6.45) is -0.0551. The average Bonchev–Trinajstić information content (AvgIpc) is 2.93. The minimum atomic E-state index is -0.900. The molecule has 19 heavy (non-hydrogen) atoms. The largest absolute Gasteiger partial charge is 0.481 e. The van der Waals surface area contributed by atoms with Gasteiger partial charge in [-0.25, -0.2) is 0 Å². The molecule has 102 valence electrons. The van der Waals surface area contributed by atoms with Crippen molar-refractivity contribution in [2.45, 2.75) is 12.5 Å². The molecule has 0 aromatic heterocycles. The van der Waals surface area contributed by atoms with Crippen LogP contribution in [0.1, 0.15) is 6.42 Å². The lowest BCUT2D eigenvalue weighted by molar-refractivity contribution is -0.136. The number of carboxylic acids is 1. The number of nitrogens with zero attached hydrogens (tertiary/aromatic N) is 1. The quantitative estimate of drug-likeness (QED) is 0.847. The number of carbonyl (C=O) groups excluding carboxylic acids is 1. The van der Waals surface area contributed by atoms with Crippen LogP contribution >= 0.6 is 11.8 Å². The molecule has 0 aliphatic carbocycles. The van der Waals surface area contributed by atoms with Crippen LogP contribution in [0.25, 0.3) is 0 Å². The Morgan fingerprint density at radius 2 is 2.11 bits per heavy atom. The molecule has 1 aromatic carbocycles. The molecule has 5 nitrogen and oxygen atoms in total. The number of aliphatic carboxylic acids is 1. The maximum atomic E-state index is 12.4. The van der Waals surface area contributed by atoms with Gasteiger partial charge in [-0.15, -0.1) is 11.8 Å². The van der Waals surface area contributed by atoms with Crippen molar-refractivity contribution >= 4 is 29.3 Å². The molecule has 6 heteroatoms. The Balaban J connectivity index is 2.13. The van der Waals surface area contributed by atoms with E-state index in [1.807, 2.05) is 30.3 Å². The molecule has 1 aliphatic rings. The summed E-state index contributed by atoms with van der Waals surface area (Å²) in [4.78, 5) is 24.7. The van der Waals surface area contributed by atoms with E-state index in [2.05, 4.69) is 5.32 Å². The van der Waals surface area contributed by atoms with E-state index in [1.54, 1.807) is 16.7 Å². The van der Waals surface area contributed by atoms with E-state index >= 15 is 0 Å². The number of para-hydroxylation sites is 1. The lowest BCUT2D eigenvalue weighted by atomic mass is 10.2. The third kappa shape index (κ3) is 3.71. The molecule has 2 N–H and O–H groups in total. The molecule has 1 saturated heterocycles. The molecular weight excluding hydrogens is 264 g/mol. The van der Waals surface area contributed by atoms with Crippen molar-refractivity contribution in [3.8, 4) is 0 Å². The van der Waals surface area contributed by atoms with Gasteiger partial charge in [0.25, 0.3) is 0 Å². The van der Waals surface area contributed by atoms with Gasteiger partial charge in [-0.2, -0.15) is 0 Å². The van der Waals surface area contributed by atoms with Crippen LogP contribution in [0.15, 0.2) is 30.3 Å². The van der Waals surface area contributed by atoms with Gasteiger partial charge in [0.15, 0.2) is 0 Å². The molecule has 0 saturated carbocycles. The number of thioether (sulfide) groups is 1. The van der Waals surface area contributed by atoms with Crippen LogP contribution < -0.4 is 10.2 Å². The van der Waals surface area contributed by atoms with Crippen LogP contribution in [0.3, 0.4) is 0 Å². The number of nitrogens with one attached hydrogen (secondary N) is 1. The third-order valence-electron chi connectivity index (χ3n) is 2.90. The first-order valence-electron chi connectivity index (χ1n) is 6.08. The zero-order chi connectivity index (χ0) is 13.7. The molecule has 1 amide bonds. The van der Waals surface area contributed by atoms with Crippen LogP contribution in [0.2, 0.25) is 0 Å². The molecule has 2 rings (SSSR count). The van der Waals surface area contributed by atoms with E-state index in [1.165, 1.54) is 0 Å². The van der Waals surface area contributed by atoms with Crippen LogP contribution in [-0.4, -0.2) is 41.2 Å². The molecule has 0 spiro atoms. The fourth-order valence-corrected chi connectivity index (χ4v) is 2.86. The second kappa shape index (κ2) is 6.58.